The van der Waals surface area contributed by atoms with Gasteiger partial charge in [-0.2, -0.15) is 0 Å². The zero-order chi connectivity index (χ0) is 15.3. The molecule has 0 aliphatic rings. The third-order valence-corrected chi connectivity index (χ3v) is 3.34. The maximum Gasteiger partial charge on any atom is 0.331 e. The molecule has 0 radical (unpaired) electrons. The summed E-state index contributed by atoms with van der Waals surface area (Å²) >= 11 is 0. The largest absolute Gasteiger partial charge is 0.478 e. The molecular weight excluding hydrogens is 258 g/mol. The smallest absolute Gasteiger partial charge is 0.331 e. The Morgan fingerprint density at radius 3 is 2.15 bits per heavy atom. The van der Waals surface area contributed by atoms with E-state index in [0.29, 0.717) is 0 Å². The van der Waals surface area contributed by atoms with E-state index >= 15 is 0 Å². The van der Waals surface area contributed by atoms with E-state index in [9.17, 15) is 14.7 Å². The second kappa shape index (κ2) is 6.34. The number of aliphatic carboxylic acids is 1. The van der Waals surface area contributed by atoms with Gasteiger partial charge in [-0.1, -0.05) is 30.3 Å². The average molecular weight is 277 g/mol. The number of hydrogen-bond acceptors (Lipinski definition) is 3. The zero-order valence-electron chi connectivity index (χ0n) is 11.8. The molecule has 0 aliphatic heterocycles. The highest BCUT2D eigenvalue weighted by molar-refractivity contribution is 6.01. The number of nitrogens with one attached hydrogen (secondary N) is 1. The molecule has 20 heavy (non-hydrogen) atoms. The number of carbonyl (C=O) groups is 2. The zero-order valence-corrected chi connectivity index (χ0v) is 11.8. The van der Waals surface area contributed by atoms with Crippen molar-refractivity contribution in [2.45, 2.75) is 26.3 Å². The van der Waals surface area contributed by atoms with Crippen molar-refractivity contribution < 1.29 is 19.8 Å². The first kappa shape index (κ1) is 15.9. The Labute approximate surface area is 117 Å². The molecule has 0 aliphatic carbocycles. The number of carboxylic acid groups (broad SMARTS) is 1. The molecule has 0 aromatic heterocycles. The van der Waals surface area contributed by atoms with E-state index in [4.69, 9.17) is 5.11 Å². The van der Waals surface area contributed by atoms with Gasteiger partial charge < -0.3 is 15.5 Å². The fourth-order valence-corrected chi connectivity index (χ4v) is 1.68. The summed E-state index contributed by atoms with van der Waals surface area (Å²) in [5, 5.41) is 21.1. The van der Waals surface area contributed by atoms with Crippen molar-refractivity contribution in [3.8, 4) is 0 Å². The van der Waals surface area contributed by atoms with Gasteiger partial charge in [0.2, 0.25) is 5.91 Å². The van der Waals surface area contributed by atoms with Gasteiger partial charge >= 0.3 is 5.97 Å². The maximum absolute atomic E-state index is 12.1. The lowest BCUT2D eigenvalue weighted by Gasteiger charge is -2.29. The molecule has 5 heteroatoms. The topological polar surface area (TPSA) is 86.6 Å². The average Bonchev–Trinajstić information content (AvgIpc) is 2.46. The Hall–Kier alpha value is -2.14. The lowest BCUT2D eigenvalue weighted by atomic mass is 9.92. The van der Waals surface area contributed by atoms with Gasteiger partial charge in [-0.3, -0.25) is 4.79 Å². The first-order chi connectivity index (χ1) is 9.31. The SMILES string of the molecule is C/C(C(=O)O)=C(/C)C(=O)NC(C)(CO)c1ccccc1. The number of aliphatic hydroxyl groups is 1. The molecule has 1 amide bonds. The number of carboxylic acids is 1. The first-order valence-electron chi connectivity index (χ1n) is 6.21. The number of carbonyl (C=O) groups excluding carboxylic acids is 1. The Morgan fingerprint density at radius 2 is 1.70 bits per heavy atom. The van der Waals surface area contributed by atoms with Gasteiger partial charge in [0.25, 0.3) is 0 Å². The highest BCUT2D eigenvalue weighted by Gasteiger charge is 2.28. The van der Waals surface area contributed by atoms with Gasteiger partial charge in [0.05, 0.1) is 12.1 Å². The van der Waals surface area contributed by atoms with Crippen molar-refractivity contribution in [3.05, 3.63) is 47.0 Å². The number of benzene rings is 1. The van der Waals surface area contributed by atoms with Crippen LogP contribution in [0.3, 0.4) is 0 Å². The predicted molar refractivity (Wildman–Crippen MR) is 75.0 cm³/mol. The normalized spacial score (nSPS) is 15.0. The predicted octanol–water partition coefficient (Wildman–Crippen LogP) is 1.43. The number of amides is 1. The molecule has 1 atom stereocenters. The minimum atomic E-state index is -1.14. The van der Waals surface area contributed by atoms with E-state index < -0.39 is 17.4 Å². The lowest BCUT2D eigenvalue weighted by molar-refractivity contribution is -0.133. The fraction of sp³-hybridized carbons (Fsp3) is 0.333. The molecule has 1 aromatic carbocycles. The Morgan fingerprint density at radius 1 is 1.15 bits per heavy atom. The van der Waals surface area contributed by atoms with E-state index in [1.54, 1.807) is 31.2 Å². The second-order valence-corrected chi connectivity index (χ2v) is 4.87. The van der Waals surface area contributed by atoms with Gasteiger partial charge in [0.1, 0.15) is 0 Å². The van der Waals surface area contributed by atoms with Gasteiger partial charge in [0.15, 0.2) is 0 Å². The molecule has 108 valence electrons. The van der Waals surface area contributed by atoms with Crippen LogP contribution in [0.4, 0.5) is 0 Å². The number of rotatable bonds is 5. The van der Waals surface area contributed by atoms with Crippen LogP contribution in [-0.2, 0) is 15.1 Å². The Kier molecular flexibility index (Phi) is 5.05. The van der Waals surface area contributed by atoms with Crippen LogP contribution >= 0.6 is 0 Å². The second-order valence-electron chi connectivity index (χ2n) is 4.87. The van der Waals surface area contributed by atoms with E-state index in [0.717, 1.165) is 5.56 Å². The van der Waals surface area contributed by atoms with Crippen molar-refractivity contribution >= 4 is 11.9 Å². The summed E-state index contributed by atoms with van der Waals surface area (Å²) in [5.74, 6) is -1.65. The van der Waals surface area contributed by atoms with Crippen molar-refractivity contribution in [2.24, 2.45) is 0 Å². The summed E-state index contributed by atoms with van der Waals surface area (Å²) in [5.41, 5.74) is -0.112. The molecular formula is C15H19NO4. The molecule has 0 spiro atoms. The van der Waals surface area contributed by atoms with Crippen LogP contribution < -0.4 is 5.32 Å². The van der Waals surface area contributed by atoms with Gasteiger partial charge in [-0.15, -0.1) is 0 Å². The molecule has 1 aromatic rings. The summed E-state index contributed by atoms with van der Waals surface area (Å²) < 4.78 is 0. The first-order valence-corrected chi connectivity index (χ1v) is 6.21. The monoisotopic (exact) mass is 277 g/mol. The number of aliphatic hydroxyl groups excluding tert-OH is 1. The summed E-state index contributed by atoms with van der Waals surface area (Å²) in [7, 11) is 0. The third-order valence-electron chi connectivity index (χ3n) is 3.34. The summed E-state index contributed by atoms with van der Waals surface area (Å²) in [6.07, 6.45) is 0. The van der Waals surface area contributed by atoms with Crippen molar-refractivity contribution in [3.63, 3.8) is 0 Å². The number of hydrogen-bond donors (Lipinski definition) is 3. The highest BCUT2D eigenvalue weighted by Crippen LogP contribution is 2.20. The molecule has 5 nitrogen and oxygen atoms in total. The fourth-order valence-electron chi connectivity index (χ4n) is 1.68. The van der Waals surface area contributed by atoms with Crippen LogP contribution in [0.25, 0.3) is 0 Å². The maximum atomic E-state index is 12.1. The summed E-state index contributed by atoms with van der Waals surface area (Å²) in [4.78, 5) is 23.0. The van der Waals surface area contributed by atoms with Crippen LogP contribution in [0, 0.1) is 0 Å². The van der Waals surface area contributed by atoms with Gasteiger partial charge in [0, 0.05) is 11.1 Å². The Balaban J connectivity index is 3.03. The molecule has 0 saturated heterocycles. The van der Waals surface area contributed by atoms with E-state index in [2.05, 4.69) is 5.32 Å². The molecule has 0 heterocycles. The van der Waals surface area contributed by atoms with Gasteiger partial charge in [-0.25, -0.2) is 4.79 Å². The van der Waals surface area contributed by atoms with E-state index in [1.165, 1.54) is 13.8 Å². The Bertz CT molecular complexity index is 536. The molecule has 0 fully saturated rings. The van der Waals surface area contributed by atoms with E-state index in [-0.39, 0.29) is 17.8 Å². The van der Waals surface area contributed by atoms with Gasteiger partial charge in [-0.05, 0) is 26.3 Å². The molecule has 0 saturated carbocycles. The lowest BCUT2D eigenvalue weighted by Crippen LogP contribution is -2.46. The van der Waals surface area contributed by atoms with Crippen LogP contribution in [0.15, 0.2) is 41.5 Å². The molecule has 1 unspecified atom stereocenters. The standard InChI is InChI=1S/C15H19NO4/c1-10(11(2)14(19)20)13(18)16-15(3,9-17)12-7-5-4-6-8-12/h4-8,17H,9H2,1-3H3,(H,16,18)(H,19,20)/b11-10+. The van der Waals surface area contributed by atoms with E-state index in [1.807, 2.05) is 6.07 Å². The molecule has 3 N–H and O–H groups in total. The van der Waals surface area contributed by atoms with Crippen molar-refractivity contribution in [1.82, 2.24) is 5.32 Å². The minimum absolute atomic E-state index is 0.0177. The van der Waals surface area contributed by atoms with Crippen LogP contribution in [-0.4, -0.2) is 28.7 Å². The summed E-state index contributed by atoms with van der Waals surface area (Å²) in [6.45, 7) is 4.21. The van der Waals surface area contributed by atoms with Crippen molar-refractivity contribution in [2.75, 3.05) is 6.61 Å². The quantitative estimate of drug-likeness (QED) is 0.711. The minimum Gasteiger partial charge on any atom is -0.478 e. The highest BCUT2D eigenvalue weighted by atomic mass is 16.4. The van der Waals surface area contributed by atoms with Crippen molar-refractivity contribution in [1.29, 1.82) is 0 Å². The van der Waals surface area contributed by atoms with Crippen LogP contribution in [0.2, 0.25) is 0 Å². The van der Waals surface area contributed by atoms with Crippen LogP contribution in [0.5, 0.6) is 0 Å². The third kappa shape index (κ3) is 3.45. The van der Waals surface area contributed by atoms with Crippen LogP contribution in [0.1, 0.15) is 26.3 Å². The molecule has 1 rings (SSSR count). The summed E-state index contributed by atoms with van der Waals surface area (Å²) in [6, 6.07) is 9.03. The molecule has 0 bridgehead atoms.